The van der Waals surface area contributed by atoms with Gasteiger partial charge in [0.1, 0.15) is 0 Å². The van der Waals surface area contributed by atoms with Crippen LogP contribution in [0.15, 0.2) is 59.7 Å². The molecule has 3 aromatic rings. The number of aromatic amines is 1. The quantitative estimate of drug-likeness (QED) is 0.329. The molecule has 1 heterocycles. The summed E-state index contributed by atoms with van der Waals surface area (Å²) in [4.78, 5) is 21.1. The number of rotatable bonds is 7. The lowest BCUT2D eigenvalue weighted by Crippen LogP contribution is -2.37. The first-order chi connectivity index (χ1) is 14.1. The first-order valence-electron chi connectivity index (χ1n) is 9.88. The molecule has 29 heavy (non-hydrogen) atoms. The van der Waals surface area contributed by atoms with Gasteiger partial charge in [-0.1, -0.05) is 30.3 Å². The maximum absolute atomic E-state index is 12.0. The van der Waals surface area contributed by atoms with Gasteiger partial charge in [-0.2, -0.15) is 0 Å². The third kappa shape index (κ3) is 5.38. The van der Waals surface area contributed by atoms with Crippen LogP contribution in [0, 0.1) is 0 Å². The lowest BCUT2D eigenvalue weighted by atomic mass is 10.1. The van der Waals surface area contributed by atoms with Gasteiger partial charge >= 0.3 is 0 Å². The van der Waals surface area contributed by atoms with Gasteiger partial charge in [0.25, 0.3) is 5.91 Å². The molecule has 3 N–H and O–H groups in total. The highest BCUT2D eigenvalue weighted by Gasteiger charge is 2.07. The molecule has 1 amide bonds. The molecule has 0 aliphatic carbocycles. The third-order valence-corrected chi connectivity index (χ3v) is 4.88. The van der Waals surface area contributed by atoms with E-state index in [0.29, 0.717) is 12.1 Å². The molecule has 0 aliphatic rings. The molecule has 6 nitrogen and oxygen atoms in total. The monoisotopic (exact) mass is 391 g/mol. The Morgan fingerprint density at radius 3 is 2.55 bits per heavy atom. The average Bonchev–Trinajstić information content (AvgIpc) is 3.16. The molecule has 0 radical (unpaired) electrons. The summed E-state index contributed by atoms with van der Waals surface area (Å²) in [5.74, 6) is 0.787. The Bertz CT molecular complexity index is 972. The fourth-order valence-corrected chi connectivity index (χ4v) is 3.25. The van der Waals surface area contributed by atoms with E-state index in [0.717, 1.165) is 30.9 Å². The second-order valence-electron chi connectivity index (χ2n) is 7.21. The largest absolute Gasteiger partial charge is 0.361 e. The van der Waals surface area contributed by atoms with E-state index < -0.39 is 0 Å². The predicted molar refractivity (Wildman–Crippen MR) is 119 cm³/mol. The number of hydrogen-bond donors (Lipinski definition) is 3. The molecule has 3 rings (SSSR count). The molecule has 1 aromatic heterocycles. The van der Waals surface area contributed by atoms with E-state index in [9.17, 15) is 4.79 Å². The third-order valence-electron chi connectivity index (χ3n) is 4.88. The first kappa shape index (κ1) is 20.5. The lowest BCUT2D eigenvalue weighted by Gasteiger charge is -2.13. The van der Waals surface area contributed by atoms with Crippen molar-refractivity contribution in [2.45, 2.75) is 19.4 Å². The Kier molecular flexibility index (Phi) is 6.89. The number of aryl methyl sites for hydroxylation is 1. The number of nitrogens with one attached hydrogen (secondary N) is 3. The van der Waals surface area contributed by atoms with Gasteiger partial charge < -0.3 is 20.5 Å². The highest BCUT2D eigenvalue weighted by Crippen LogP contribution is 2.18. The summed E-state index contributed by atoms with van der Waals surface area (Å²) in [5.41, 5.74) is 4.32. The van der Waals surface area contributed by atoms with Gasteiger partial charge in [0.15, 0.2) is 5.96 Å². The van der Waals surface area contributed by atoms with Crippen molar-refractivity contribution in [2.24, 2.45) is 4.99 Å². The Balaban J connectivity index is 1.43. The van der Waals surface area contributed by atoms with Gasteiger partial charge in [-0.15, -0.1) is 0 Å². The number of para-hydroxylation sites is 1. The number of carbonyl (C=O) groups excluding carboxylic acids is 1. The summed E-state index contributed by atoms with van der Waals surface area (Å²) < 4.78 is 0. The van der Waals surface area contributed by atoms with E-state index in [1.807, 2.05) is 30.3 Å². The van der Waals surface area contributed by atoms with Gasteiger partial charge in [-0.25, -0.2) is 0 Å². The van der Waals surface area contributed by atoms with Crippen molar-refractivity contribution in [3.63, 3.8) is 0 Å². The second-order valence-corrected chi connectivity index (χ2v) is 7.21. The first-order valence-corrected chi connectivity index (χ1v) is 9.88. The van der Waals surface area contributed by atoms with Crippen LogP contribution in [0.1, 0.15) is 27.9 Å². The van der Waals surface area contributed by atoms with Crippen molar-refractivity contribution in [3.8, 4) is 0 Å². The smallest absolute Gasteiger partial charge is 0.253 e. The van der Waals surface area contributed by atoms with Crippen molar-refractivity contribution in [1.82, 2.24) is 20.5 Å². The van der Waals surface area contributed by atoms with Crippen LogP contribution in [-0.4, -0.2) is 49.4 Å². The van der Waals surface area contributed by atoms with Crippen LogP contribution in [0.4, 0.5) is 0 Å². The van der Waals surface area contributed by atoms with Gasteiger partial charge in [0, 0.05) is 56.9 Å². The minimum absolute atomic E-state index is 0.0113. The predicted octanol–water partition coefficient (Wildman–Crippen LogP) is 3.17. The summed E-state index contributed by atoms with van der Waals surface area (Å²) >= 11 is 0. The van der Waals surface area contributed by atoms with E-state index in [-0.39, 0.29) is 5.91 Å². The zero-order valence-corrected chi connectivity index (χ0v) is 17.3. The Labute approximate surface area is 172 Å². The van der Waals surface area contributed by atoms with Crippen LogP contribution in [0.3, 0.4) is 0 Å². The van der Waals surface area contributed by atoms with Crippen LogP contribution >= 0.6 is 0 Å². The molecule has 6 heteroatoms. The molecular weight excluding hydrogens is 362 g/mol. The topological polar surface area (TPSA) is 72.5 Å². The van der Waals surface area contributed by atoms with Crippen molar-refractivity contribution < 1.29 is 4.79 Å². The number of fused-ring (bicyclic) bond motifs is 1. The fraction of sp³-hybridized carbons (Fsp3) is 0.304. The minimum Gasteiger partial charge on any atom is -0.361 e. The molecule has 2 aromatic carbocycles. The molecule has 0 saturated heterocycles. The molecular formula is C23H29N5O. The van der Waals surface area contributed by atoms with Gasteiger partial charge in [-0.05, 0) is 42.2 Å². The van der Waals surface area contributed by atoms with Crippen LogP contribution in [0.2, 0.25) is 0 Å². The standard InChI is InChI=1S/C23H29N5O/c1-24-23(27-15-17-10-12-18(13-11-17)22(29)28(2)3)25-14-6-7-19-16-26-21-9-5-4-8-20(19)21/h4-5,8-13,16,26H,6-7,14-15H2,1-3H3,(H2,24,25,27). The number of guanidine groups is 1. The fourth-order valence-electron chi connectivity index (χ4n) is 3.25. The number of aromatic nitrogens is 1. The van der Waals surface area contributed by atoms with Gasteiger partial charge in [0.05, 0.1) is 0 Å². The van der Waals surface area contributed by atoms with Crippen LogP contribution in [-0.2, 0) is 13.0 Å². The summed E-state index contributed by atoms with van der Waals surface area (Å²) in [6, 6.07) is 16.0. The molecule has 0 spiro atoms. The van der Waals surface area contributed by atoms with Crippen molar-refractivity contribution in [2.75, 3.05) is 27.7 Å². The molecule has 0 fully saturated rings. The van der Waals surface area contributed by atoms with E-state index in [1.165, 1.54) is 16.5 Å². The number of nitrogens with zero attached hydrogens (tertiary/aromatic N) is 2. The van der Waals surface area contributed by atoms with E-state index in [2.05, 4.69) is 45.0 Å². The molecule has 0 saturated carbocycles. The SMILES string of the molecule is CN=C(NCCCc1c[nH]c2ccccc12)NCc1ccc(C(=O)N(C)C)cc1. The van der Waals surface area contributed by atoms with Crippen LogP contribution in [0.5, 0.6) is 0 Å². The summed E-state index contributed by atoms with van der Waals surface area (Å²) in [5, 5.41) is 7.98. The summed E-state index contributed by atoms with van der Waals surface area (Å²) in [7, 11) is 5.28. The number of carbonyl (C=O) groups is 1. The maximum atomic E-state index is 12.0. The lowest BCUT2D eigenvalue weighted by molar-refractivity contribution is 0.0827. The number of amides is 1. The number of hydrogen-bond acceptors (Lipinski definition) is 2. The number of benzene rings is 2. The zero-order chi connectivity index (χ0) is 20.6. The van der Waals surface area contributed by atoms with Crippen molar-refractivity contribution in [1.29, 1.82) is 0 Å². The van der Waals surface area contributed by atoms with Crippen LogP contribution < -0.4 is 10.6 Å². The van der Waals surface area contributed by atoms with E-state index >= 15 is 0 Å². The summed E-state index contributed by atoms with van der Waals surface area (Å²) in [6.45, 7) is 1.49. The Morgan fingerprint density at radius 1 is 1.07 bits per heavy atom. The van der Waals surface area contributed by atoms with E-state index in [1.54, 1.807) is 26.0 Å². The van der Waals surface area contributed by atoms with Crippen LogP contribution in [0.25, 0.3) is 10.9 Å². The van der Waals surface area contributed by atoms with E-state index in [4.69, 9.17) is 0 Å². The van der Waals surface area contributed by atoms with Gasteiger partial charge in [0.2, 0.25) is 0 Å². The number of aliphatic imine (C=N–C) groups is 1. The van der Waals surface area contributed by atoms with Crippen molar-refractivity contribution in [3.05, 3.63) is 71.4 Å². The Morgan fingerprint density at radius 2 is 1.83 bits per heavy atom. The van der Waals surface area contributed by atoms with Crippen molar-refractivity contribution >= 4 is 22.8 Å². The molecule has 0 bridgehead atoms. The maximum Gasteiger partial charge on any atom is 0.253 e. The minimum atomic E-state index is 0.0113. The highest BCUT2D eigenvalue weighted by atomic mass is 16.2. The normalized spacial score (nSPS) is 11.5. The summed E-state index contributed by atoms with van der Waals surface area (Å²) in [6.07, 6.45) is 4.13. The zero-order valence-electron chi connectivity index (χ0n) is 17.3. The Hall–Kier alpha value is -3.28. The average molecular weight is 392 g/mol. The molecule has 0 unspecified atom stereocenters. The highest BCUT2D eigenvalue weighted by molar-refractivity contribution is 5.93. The van der Waals surface area contributed by atoms with Gasteiger partial charge in [-0.3, -0.25) is 9.79 Å². The molecule has 0 atom stereocenters. The molecule has 0 aliphatic heterocycles. The molecule has 152 valence electrons. The number of H-pyrrole nitrogens is 1. The second kappa shape index (κ2) is 9.78.